The van der Waals surface area contributed by atoms with Gasteiger partial charge in [0.1, 0.15) is 11.4 Å². The monoisotopic (exact) mass is 376 g/mol. The largest absolute Gasteiger partial charge is 0.445 e. The predicted octanol–water partition coefficient (Wildman–Crippen LogP) is 4.05. The fourth-order valence-corrected chi connectivity index (χ4v) is 3.35. The smallest absolute Gasteiger partial charge is 0.254 e. The van der Waals surface area contributed by atoms with Gasteiger partial charge in [0, 0.05) is 31.6 Å². The number of halogens is 1. The van der Waals surface area contributed by atoms with Gasteiger partial charge in [-0.2, -0.15) is 0 Å². The number of ether oxygens (including phenoxy) is 1. The highest BCUT2D eigenvalue weighted by Crippen LogP contribution is 2.29. The van der Waals surface area contributed by atoms with E-state index < -0.39 is 5.60 Å². The van der Waals surface area contributed by atoms with E-state index >= 15 is 0 Å². The van der Waals surface area contributed by atoms with Crippen molar-refractivity contribution in [3.63, 3.8) is 0 Å². The Balaban J connectivity index is 1.66. The summed E-state index contributed by atoms with van der Waals surface area (Å²) in [6, 6.07) is 7.71. The molecule has 0 aliphatic carbocycles. The fourth-order valence-electron chi connectivity index (χ4n) is 3.23. The number of oxazole rings is 1. The number of benzene rings is 1. The molecule has 1 saturated heterocycles. The van der Waals surface area contributed by atoms with Crippen molar-refractivity contribution < 1.29 is 13.9 Å². The van der Waals surface area contributed by atoms with Crippen molar-refractivity contribution >= 4 is 17.5 Å². The van der Waals surface area contributed by atoms with Gasteiger partial charge < -0.3 is 14.1 Å². The molecule has 3 rings (SSSR count). The van der Waals surface area contributed by atoms with E-state index in [-0.39, 0.29) is 11.8 Å². The van der Waals surface area contributed by atoms with Gasteiger partial charge in [0.2, 0.25) is 0 Å². The van der Waals surface area contributed by atoms with Crippen LogP contribution in [-0.4, -0.2) is 41.6 Å². The van der Waals surface area contributed by atoms with Gasteiger partial charge in [-0.1, -0.05) is 23.7 Å². The topological polar surface area (TPSA) is 55.6 Å². The molecule has 6 heteroatoms. The van der Waals surface area contributed by atoms with Gasteiger partial charge in [0.05, 0.1) is 12.1 Å². The van der Waals surface area contributed by atoms with Crippen LogP contribution in [0.2, 0.25) is 5.02 Å². The number of methoxy groups -OCH3 is 1. The lowest BCUT2D eigenvalue weighted by Gasteiger charge is -2.36. The first kappa shape index (κ1) is 18.9. The lowest BCUT2D eigenvalue weighted by molar-refractivity contribution is -0.152. The van der Waals surface area contributed by atoms with E-state index in [1.165, 1.54) is 0 Å². The highest BCUT2D eigenvalue weighted by molar-refractivity contribution is 6.30. The van der Waals surface area contributed by atoms with Gasteiger partial charge in [-0.25, -0.2) is 4.98 Å². The van der Waals surface area contributed by atoms with E-state index in [4.69, 9.17) is 20.8 Å². The van der Waals surface area contributed by atoms with Gasteiger partial charge in [-0.3, -0.25) is 4.79 Å². The molecule has 2 heterocycles. The normalized spacial score (nSPS) is 18.2. The Labute approximate surface area is 159 Å². The highest BCUT2D eigenvalue weighted by atomic mass is 35.5. The zero-order valence-corrected chi connectivity index (χ0v) is 16.3. The van der Waals surface area contributed by atoms with Crippen molar-refractivity contribution in [2.75, 3.05) is 20.2 Å². The summed E-state index contributed by atoms with van der Waals surface area (Å²) in [4.78, 5) is 19.0. The molecule has 1 atom stereocenters. The SMILES string of the molecule is COC(C)(C)C(=O)N1CCC[C@@H](c2ncc(Cc3ccc(Cl)cc3)o2)C1. The molecular weight excluding hydrogens is 352 g/mol. The van der Waals surface area contributed by atoms with E-state index in [9.17, 15) is 4.79 Å². The number of carbonyl (C=O) groups is 1. The van der Waals surface area contributed by atoms with E-state index in [2.05, 4.69) is 4.98 Å². The minimum absolute atomic E-state index is 0.0117. The predicted molar refractivity (Wildman–Crippen MR) is 100 cm³/mol. The number of aromatic nitrogens is 1. The number of likely N-dealkylation sites (tertiary alicyclic amines) is 1. The van der Waals surface area contributed by atoms with Gasteiger partial charge in [-0.15, -0.1) is 0 Å². The summed E-state index contributed by atoms with van der Waals surface area (Å²) in [6.45, 7) is 4.97. The molecule has 1 aromatic heterocycles. The Morgan fingerprint density at radius 3 is 2.81 bits per heavy atom. The maximum Gasteiger partial charge on any atom is 0.254 e. The van der Waals surface area contributed by atoms with Crippen molar-refractivity contribution in [2.45, 2.75) is 44.6 Å². The van der Waals surface area contributed by atoms with Crippen LogP contribution < -0.4 is 0 Å². The number of hydrogen-bond donors (Lipinski definition) is 0. The maximum atomic E-state index is 12.6. The van der Waals surface area contributed by atoms with Crippen molar-refractivity contribution in [3.05, 3.63) is 52.7 Å². The minimum atomic E-state index is -0.807. The summed E-state index contributed by atoms with van der Waals surface area (Å²) in [5.41, 5.74) is 0.317. The summed E-state index contributed by atoms with van der Waals surface area (Å²) in [5.74, 6) is 1.67. The number of carbonyl (C=O) groups excluding carboxylic acids is 1. The lowest BCUT2D eigenvalue weighted by Crippen LogP contribution is -2.49. The number of piperidine rings is 1. The summed E-state index contributed by atoms with van der Waals surface area (Å²) >= 11 is 5.93. The van der Waals surface area contributed by atoms with Gasteiger partial charge >= 0.3 is 0 Å². The molecule has 0 N–H and O–H groups in total. The Hall–Kier alpha value is -1.85. The third-order valence-electron chi connectivity index (χ3n) is 4.95. The molecule has 140 valence electrons. The zero-order chi connectivity index (χ0) is 18.7. The van der Waals surface area contributed by atoms with Crippen LogP contribution in [0.1, 0.15) is 49.8 Å². The maximum absolute atomic E-state index is 12.6. The van der Waals surface area contributed by atoms with Crippen molar-refractivity contribution in [2.24, 2.45) is 0 Å². The molecule has 0 unspecified atom stereocenters. The van der Waals surface area contributed by atoms with E-state index in [1.807, 2.05) is 29.2 Å². The summed E-state index contributed by atoms with van der Waals surface area (Å²) in [7, 11) is 1.57. The van der Waals surface area contributed by atoms with Crippen molar-refractivity contribution in [1.29, 1.82) is 0 Å². The third kappa shape index (κ3) is 4.27. The molecule has 1 aliphatic heterocycles. The molecule has 1 amide bonds. The summed E-state index contributed by atoms with van der Waals surface area (Å²) in [6.07, 6.45) is 4.36. The molecule has 2 aromatic rings. The minimum Gasteiger partial charge on any atom is -0.445 e. The van der Waals surface area contributed by atoms with Crippen LogP contribution in [0.4, 0.5) is 0 Å². The van der Waals surface area contributed by atoms with Crippen molar-refractivity contribution in [1.82, 2.24) is 9.88 Å². The molecule has 5 nitrogen and oxygen atoms in total. The van der Waals surface area contributed by atoms with Crippen molar-refractivity contribution in [3.8, 4) is 0 Å². The van der Waals surface area contributed by atoms with Crippen LogP contribution >= 0.6 is 11.6 Å². The van der Waals surface area contributed by atoms with Gasteiger partial charge in [-0.05, 0) is 44.4 Å². The second kappa shape index (κ2) is 7.80. The Morgan fingerprint density at radius 2 is 2.12 bits per heavy atom. The van der Waals surface area contributed by atoms with E-state index in [0.717, 1.165) is 35.7 Å². The number of nitrogens with zero attached hydrogens (tertiary/aromatic N) is 2. The number of rotatable bonds is 5. The van der Waals surface area contributed by atoms with Crippen LogP contribution in [-0.2, 0) is 16.0 Å². The highest BCUT2D eigenvalue weighted by Gasteiger charge is 2.35. The van der Waals surface area contributed by atoms with Gasteiger partial charge in [0.15, 0.2) is 5.89 Å². The molecule has 0 saturated carbocycles. The van der Waals surface area contributed by atoms with E-state index in [0.29, 0.717) is 18.9 Å². The second-order valence-electron chi connectivity index (χ2n) is 7.27. The first-order chi connectivity index (χ1) is 12.4. The quantitative estimate of drug-likeness (QED) is 0.789. The summed E-state index contributed by atoms with van der Waals surface area (Å²) < 4.78 is 11.3. The molecule has 1 aromatic carbocycles. The summed E-state index contributed by atoms with van der Waals surface area (Å²) in [5, 5.41) is 0.720. The van der Waals surface area contributed by atoms with Crippen LogP contribution in [0.5, 0.6) is 0 Å². The number of hydrogen-bond acceptors (Lipinski definition) is 4. The average Bonchev–Trinajstić information content (AvgIpc) is 3.11. The molecule has 1 fully saturated rings. The van der Waals surface area contributed by atoms with Crippen LogP contribution in [0.25, 0.3) is 0 Å². The molecule has 0 radical (unpaired) electrons. The Morgan fingerprint density at radius 1 is 1.38 bits per heavy atom. The zero-order valence-electron chi connectivity index (χ0n) is 15.5. The van der Waals surface area contributed by atoms with Crippen LogP contribution in [0, 0.1) is 0 Å². The lowest BCUT2D eigenvalue weighted by atomic mass is 9.96. The first-order valence-electron chi connectivity index (χ1n) is 8.92. The van der Waals surface area contributed by atoms with Gasteiger partial charge in [0.25, 0.3) is 5.91 Å². The first-order valence-corrected chi connectivity index (χ1v) is 9.30. The van der Waals surface area contributed by atoms with Crippen LogP contribution in [0.3, 0.4) is 0 Å². The molecule has 0 spiro atoms. The molecule has 1 aliphatic rings. The Kier molecular flexibility index (Phi) is 5.68. The average molecular weight is 377 g/mol. The molecule has 26 heavy (non-hydrogen) atoms. The van der Waals surface area contributed by atoms with Crippen LogP contribution in [0.15, 0.2) is 34.9 Å². The standard InChI is InChI=1S/C20H25ClN2O3/c1-20(2,25-3)19(24)23-10-4-5-15(13-23)18-22-12-17(26-18)11-14-6-8-16(21)9-7-14/h6-9,12,15H,4-5,10-11,13H2,1-3H3/t15-/m1/s1. The third-order valence-corrected chi connectivity index (χ3v) is 5.20. The molecular formula is C20H25ClN2O3. The fraction of sp³-hybridized carbons (Fsp3) is 0.500. The van der Waals surface area contributed by atoms with E-state index in [1.54, 1.807) is 27.2 Å². The Bertz CT molecular complexity index is 755. The number of amides is 1. The second-order valence-corrected chi connectivity index (χ2v) is 7.71. The molecule has 0 bridgehead atoms.